The van der Waals surface area contributed by atoms with E-state index in [1.807, 2.05) is 0 Å². The topological polar surface area (TPSA) is 94.1 Å². The maximum atomic E-state index is 14.4. The summed E-state index contributed by atoms with van der Waals surface area (Å²) in [5, 5.41) is 3.67. The van der Waals surface area contributed by atoms with Crippen LogP contribution in [0.2, 0.25) is 10.0 Å². The summed E-state index contributed by atoms with van der Waals surface area (Å²) in [6.07, 6.45) is 1.45. The highest BCUT2D eigenvalue weighted by Gasteiger charge is 2.46. The van der Waals surface area contributed by atoms with Gasteiger partial charge in [-0.1, -0.05) is 35.4 Å². The molecule has 4 rings (SSSR count). The molecule has 39 heavy (non-hydrogen) atoms. The zero-order valence-electron chi connectivity index (χ0n) is 20.7. The molecule has 0 saturated heterocycles. The Morgan fingerprint density at radius 2 is 1.72 bits per heavy atom. The van der Waals surface area contributed by atoms with Crippen LogP contribution in [0.25, 0.3) is 0 Å². The minimum Gasteiger partial charge on any atom is -0.331 e. The lowest BCUT2D eigenvalue weighted by Crippen LogP contribution is -2.47. The number of Topliss-reactive ketones (excluding diaryl/α,β-unsaturated/α-hetero) is 1. The van der Waals surface area contributed by atoms with Gasteiger partial charge in [0.1, 0.15) is 5.66 Å². The van der Waals surface area contributed by atoms with Crippen molar-refractivity contribution < 1.29 is 31.5 Å². The summed E-state index contributed by atoms with van der Waals surface area (Å²) in [5.41, 5.74) is 2.51. The molecule has 1 amide bonds. The van der Waals surface area contributed by atoms with Crippen LogP contribution in [-0.2, 0) is 11.8 Å². The van der Waals surface area contributed by atoms with Crippen molar-refractivity contribution >= 4 is 34.9 Å². The van der Waals surface area contributed by atoms with E-state index in [1.165, 1.54) is 12.4 Å². The van der Waals surface area contributed by atoms with Crippen molar-refractivity contribution in [2.45, 2.75) is 62.7 Å². The molecule has 0 bridgehead atoms. The molecular formula is C25H26Cl2F5N5O2. The van der Waals surface area contributed by atoms with Gasteiger partial charge in [-0.2, -0.15) is 18.3 Å². The predicted octanol–water partition coefficient (Wildman–Crippen LogP) is 6.11. The Labute approximate surface area is 231 Å². The Morgan fingerprint density at radius 1 is 1.08 bits per heavy atom. The van der Waals surface area contributed by atoms with Gasteiger partial charge in [0.15, 0.2) is 11.5 Å². The highest BCUT2D eigenvalue weighted by Crippen LogP contribution is 2.39. The lowest BCUT2D eigenvalue weighted by molar-refractivity contribution is -0.147. The molecule has 1 atom stereocenters. The number of aromatic nitrogens is 3. The minimum atomic E-state index is -5.00. The summed E-state index contributed by atoms with van der Waals surface area (Å²) in [6, 6.07) is 0. The molecule has 2 N–H and O–H groups in total. The van der Waals surface area contributed by atoms with E-state index in [2.05, 4.69) is 10.1 Å². The van der Waals surface area contributed by atoms with E-state index in [-0.39, 0.29) is 47.8 Å². The number of allylic oxidation sites excluding steroid dienone is 1. The average Bonchev–Trinajstić information content (AvgIpc) is 3.32. The molecule has 0 unspecified atom stereocenters. The number of nitrogens with zero attached hydrogens (tertiary/aromatic N) is 4. The summed E-state index contributed by atoms with van der Waals surface area (Å²) < 4.78 is 71.2. The third kappa shape index (κ3) is 6.44. The molecular weight excluding hydrogens is 568 g/mol. The maximum absolute atomic E-state index is 14.4. The van der Waals surface area contributed by atoms with Crippen LogP contribution in [0.4, 0.5) is 22.0 Å². The Balaban J connectivity index is 1.71. The molecule has 212 valence electrons. The van der Waals surface area contributed by atoms with Gasteiger partial charge in [0.25, 0.3) is 5.91 Å². The summed E-state index contributed by atoms with van der Waals surface area (Å²) >= 11 is 12.2. The van der Waals surface area contributed by atoms with Crippen molar-refractivity contribution in [3.05, 3.63) is 57.6 Å². The second-order valence-electron chi connectivity index (χ2n) is 10.0. The van der Waals surface area contributed by atoms with Gasteiger partial charge in [-0.05, 0) is 31.6 Å². The number of pyridine rings is 1. The predicted molar refractivity (Wildman–Crippen MR) is 134 cm³/mol. The molecule has 0 aromatic carbocycles. The molecule has 0 aliphatic heterocycles. The first kappa shape index (κ1) is 29.4. The number of amides is 1. The van der Waals surface area contributed by atoms with E-state index in [4.69, 9.17) is 28.9 Å². The largest absolute Gasteiger partial charge is 0.433 e. The van der Waals surface area contributed by atoms with Gasteiger partial charge in [0.2, 0.25) is 5.92 Å². The van der Waals surface area contributed by atoms with Gasteiger partial charge in [-0.25, -0.2) is 13.5 Å². The van der Waals surface area contributed by atoms with Crippen LogP contribution in [0, 0.1) is 5.92 Å². The molecule has 2 heterocycles. The van der Waals surface area contributed by atoms with Crippen molar-refractivity contribution in [1.82, 2.24) is 19.7 Å². The third-order valence-corrected chi connectivity index (χ3v) is 7.71. The van der Waals surface area contributed by atoms with Crippen LogP contribution in [-0.4, -0.2) is 50.4 Å². The molecule has 14 heteroatoms. The first-order chi connectivity index (χ1) is 18.2. The van der Waals surface area contributed by atoms with E-state index in [0.29, 0.717) is 11.1 Å². The average molecular weight is 594 g/mol. The monoisotopic (exact) mass is 593 g/mol. The van der Waals surface area contributed by atoms with Crippen LogP contribution < -0.4 is 5.73 Å². The zero-order valence-corrected chi connectivity index (χ0v) is 22.2. The lowest BCUT2D eigenvalue weighted by atomic mass is 9.86. The van der Waals surface area contributed by atoms with Crippen molar-refractivity contribution in [3.63, 3.8) is 0 Å². The summed E-state index contributed by atoms with van der Waals surface area (Å²) in [6.45, 7) is -0.909. The van der Waals surface area contributed by atoms with E-state index in [1.54, 1.807) is 12.2 Å². The first-order valence-corrected chi connectivity index (χ1v) is 13.1. The summed E-state index contributed by atoms with van der Waals surface area (Å²) in [4.78, 5) is 31.6. The Kier molecular flexibility index (Phi) is 8.39. The molecule has 2 aromatic heterocycles. The number of ketones is 1. The molecule has 0 radical (unpaired) electrons. The summed E-state index contributed by atoms with van der Waals surface area (Å²) in [7, 11) is 0. The van der Waals surface area contributed by atoms with Crippen molar-refractivity contribution in [3.8, 4) is 0 Å². The lowest BCUT2D eigenvalue weighted by Gasteiger charge is -2.34. The highest BCUT2D eigenvalue weighted by molar-refractivity contribution is 6.39. The van der Waals surface area contributed by atoms with Gasteiger partial charge >= 0.3 is 6.18 Å². The zero-order chi connectivity index (χ0) is 28.6. The Bertz CT molecular complexity index is 1250. The number of carbonyl (C=O) groups is 2. The molecule has 1 fully saturated rings. The fourth-order valence-corrected chi connectivity index (χ4v) is 5.64. The van der Waals surface area contributed by atoms with Crippen molar-refractivity contribution in [2.75, 3.05) is 13.1 Å². The van der Waals surface area contributed by atoms with E-state index < -0.39 is 66.0 Å². The molecule has 2 aliphatic rings. The molecule has 0 spiro atoms. The standard InChI is InChI=1S/C25H26Cl2F5N5O2/c26-17-11-34-12-18(27)20(17)19(38)14-36(13-15-4-8-23(28,29)9-5-15)22(39)16-10-35-37(21(16)25(30,31)32)24(33)6-2-1-3-7-24/h1-2,10-12,15H,3-9,13-14,33H2/t24-/m1/s1. The van der Waals surface area contributed by atoms with Crippen LogP contribution >= 0.6 is 23.2 Å². The number of hydrogen-bond acceptors (Lipinski definition) is 5. The Hall–Kier alpha value is -2.57. The fourth-order valence-electron chi connectivity index (χ4n) is 5.06. The van der Waals surface area contributed by atoms with Gasteiger partial charge < -0.3 is 10.6 Å². The third-order valence-electron chi connectivity index (χ3n) is 7.14. The molecule has 1 saturated carbocycles. The second kappa shape index (κ2) is 11.1. The van der Waals surface area contributed by atoms with Gasteiger partial charge in [-0.3, -0.25) is 14.6 Å². The van der Waals surface area contributed by atoms with E-state index >= 15 is 0 Å². The van der Waals surface area contributed by atoms with Crippen molar-refractivity contribution in [1.29, 1.82) is 0 Å². The van der Waals surface area contributed by atoms with Gasteiger partial charge in [0, 0.05) is 38.2 Å². The number of rotatable bonds is 7. The van der Waals surface area contributed by atoms with Gasteiger partial charge in [0.05, 0.1) is 33.9 Å². The van der Waals surface area contributed by atoms with Crippen LogP contribution in [0.5, 0.6) is 0 Å². The van der Waals surface area contributed by atoms with Crippen LogP contribution in [0.15, 0.2) is 30.7 Å². The SMILES string of the molecule is N[C@@]1(n2ncc(C(=O)N(CC(=O)c3c(Cl)cncc3Cl)CC3CCC(F)(F)CC3)c2C(F)(F)F)CC=CCC1. The number of halogens is 7. The molecule has 7 nitrogen and oxygen atoms in total. The number of alkyl halides is 5. The Morgan fingerprint density at radius 3 is 2.28 bits per heavy atom. The molecule has 2 aromatic rings. The minimum absolute atomic E-state index is 0.0331. The normalized spacial score (nSPS) is 21.6. The second-order valence-corrected chi connectivity index (χ2v) is 10.8. The van der Waals surface area contributed by atoms with Gasteiger partial charge in [-0.15, -0.1) is 0 Å². The number of carbonyl (C=O) groups excluding carboxylic acids is 2. The smallest absolute Gasteiger partial charge is 0.331 e. The summed E-state index contributed by atoms with van der Waals surface area (Å²) in [5.74, 6) is -5.18. The van der Waals surface area contributed by atoms with Crippen LogP contribution in [0.1, 0.15) is 71.4 Å². The fraction of sp³-hybridized carbons (Fsp3) is 0.520. The van der Waals surface area contributed by atoms with Crippen LogP contribution in [0.3, 0.4) is 0 Å². The van der Waals surface area contributed by atoms with E-state index in [0.717, 1.165) is 11.1 Å². The number of nitrogens with two attached hydrogens (primary N) is 1. The highest BCUT2D eigenvalue weighted by atomic mass is 35.5. The maximum Gasteiger partial charge on any atom is 0.433 e. The number of hydrogen-bond donors (Lipinski definition) is 1. The first-order valence-electron chi connectivity index (χ1n) is 12.3. The van der Waals surface area contributed by atoms with Crippen molar-refractivity contribution in [2.24, 2.45) is 11.7 Å². The molecule has 2 aliphatic carbocycles. The quantitative estimate of drug-likeness (QED) is 0.237. The van der Waals surface area contributed by atoms with E-state index in [9.17, 15) is 31.5 Å².